The summed E-state index contributed by atoms with van der Waals surface area (Å²) >= 11 is 0. The van der Waals surface area contributed by atoms with Crippen LogP contribution in [0.2, 0.25) is 0 Å². The Hall–Kier alpha value is -1.55. The van der Waals surface area contributed by atoms with Gasteiger partial charge in [0, 0.05) is 25.3 Å². The first kappa shape index (κ1) is 14.5. The van der Waals surface area contributed by atoms with Gasteiger partial charge >= 0.3 is 0 Å². The molecule has 100 valence electrons. The minimum Gasteiger partial charge on any atom is -0.494 e. The average molecular weight is 251 g/mol. The lowest BCUT2D eigenvalue weighted by atomic mass is 10.2. The maximum absolute atomic E-state index is 12.2. The zero-order valence-corrected chi connectivity index (χ0v) is 11.1. The van der Waals surface area contributed by atoms with Gasteiger partial charge in [-0.15, -0.1) is 0 Å². The number of rotatable bonds is 7. The standard InChI is InChI=1S/C14H21NO3/c1-3-15(10-5-11-16)14(17)12-6-8-13(9-7-12)18-4-2/h6-9,16H,3-5,10-11H2,1-2H3. The van der Waals surface area contributed by atoms with Crippen LogP contribution in [0.5, 0.6) is 5.75 Å². The first-order valence-electron chi connectivity index (χ1n) is 6.35. The van der Waals surface area contributed by atoms with E-state index < -0.39 is 0 Å². The molecule has 0 saturated carbocycles. The number of nitrogens with zero attached hydrogens (tertiary/aromatic N) is 1. The summed E-state index contributed by atoms with van der Waals surface area (Å²) in [6, 6.07) is 7.15. The summed E-state index contributed by atoms with van der Waals surface area (Å²) in [5.74, 6) is 0.765. The monoisotopic (exact) mass is 251 g/mol. The third kappa shape index (κ3) is 4.04. The molecule has 0 unspecified atom stereocenters. The zero-order valence-electron chi connectivity index (χ0n) is 11.1. The van der Waals surface area contributed by atoms with E-state index >= 15 is 0 Å². The Morgan fingerprint density at radius 2 is 1.94 bits per heavy atom. The first-order chi connectivity index (χ1) is 8.72. The summed E-state index contributed by atoms with van der Waals surface area (Å²) in [7, 11) is 0. The molecule has 1 rings (SSSR count). The normalized spacial score (nSPS) is 10.2. The highest BCUT2D eigenvalue weighted by Gasteiger charge is 2.13. The Kier molecular flexibility index (Phi) is 6.22. The van der Waals surface area contributed by atoms with Crippen molar-refractivity contribution < 1.29 is 14.6 Å². The summed E-state index contributed by atoms with van der Waals surface area (Å²) in [4.78, 5) is 13.9. The second-order valence-electron chi connectivity index (χ2n) is 3.92. The largest absolute Gasteiger partial charge is 0.494 e. The Bertz CT molecular complexity index is 362. The highest BCUT2D eigenvalue weighted by atomic mass is 16.5. The number of hydrogen-bond acceptors (Lipinski definition) is 3. The maximum Gasteiger partial charge on any atom is 0.253 e. The second kappa shape index (κ2) is 7.71. The molecular weight excluding hydrogens is 230 g/mol. The van der Waals surface area contributed by atoms with Crippen molar-refractivity contribution >= 4 is 5.91 Å². The minimum absolute atomic E-state index is 0.00556. The summed E-state index contributed by atoms with van der Waals surface area (Å²) in [6.45, 7) is 5.81. The predicted molar refractivity (Wildman–Crippen MR) is 70.9 cm³/mol. The number of aliphatic hydroxyl groups excluding tert-OH is 1. The molecule has 0 aromatic heterocycles. The van der Waals surface area contributed by atoms with Gasteiger partial charge in [0.1, 0.15) is 5.75 Å². The van der Waals surface area contributed by atoms with E-state index in [2.05, 4.69) is 0 Å². The van der Waals surface area contributed by atoms with Crippen LogP contribution >= 0.6 is 0 Å². The summed E-state index contributed by atoms with van der Waals surface area (Å²) in [6.07, 6.45) is 0.608. The van der Waals surface area contributed by atoms with E-state index in [1.54, 1.807) is 29.2 Å². The fourth-order valence-electron chi connectivity index (χ4n) is 1.71. The summed E-state index contributed by atoms with van der Waals surface area (Å²) in [5, 5.41) is 8.80. The topological polar surface area (TPSA) is 49.8 Å². The third-order valence-electron chi connectivity index (χ3n) is 2.67. The molecule has 1 N–H and O–H groups in total. The van der Waals surface area contributed by atoms with Crippen molar-refractivity contribution in [2.45, 2.75) is 20.3 Å². The molecule has 0 spiro atoms. The molecule has 0 bridgehead atoms. The Morgan fingerprint density at radius 3 is 2.44 bits per heavy atom. The molecule has 0 radical (unpaired) electrons. The smallest absolute Gasteiger partial charge is 0.253 e. The predicted octanol–water partition coefficient (Wildman–Crippen LogP) is 1.93. The highest BCUT2D eigenvalue weighted by molar-refractivity contribution is 5.94. The summed E-state index contributed by atoms with van der Waals surface area (Å²) in [5.41, 5.74) is 0.651. The Balaban J connectivity index is 2.69. The van der Waals surface area contributed by atoms with Crippen LogP contribution in [0.4, 0.5) is 0 Å². The lowest BCUT2D eigenvalue weighted by molar-refractivity contribution is 0.0754. The fraction of sp³-hybridized carbons (Fsp3) is 0.500. The van der Waals surface area contributed by atoms with Crippen LogP contribution in [0.15, 0.2) is 24.3 Å². The van der Waals surface area contributed by atoms with Gasteiger partial charge in [0.15, 0.2) is 0 Å². The highest BCUT2D eigenvalue weighted by Crippen LogP contribution is 2.13. The Morgan fingerprint density at radius 1 is 1.28 bits per heavy atom. The quantitative estimate of drug-likeness (QED) is 0.805. The van der Waals surface area contributed by atoms with Crippen LogP contribution in [0.1, 0.15) is 30.6 Å². The second-order valence-corrected chi connectivity index (χ2v) is 3.92. The molecule has 4 heteroatoms. The number of carbonyl (C=O) groups excluding carboxylic acids is 1. The van der Waals surface area contributed by atoms with Gasteiger partial charge in [0.2, 0.25) is 0 Å². The van der Waals surface area contributed by atoms with Gasteiger partial charge < -0.3 is 14.7 Å². The van der Waals surface area contributed by atoms with Crippen molar-refractivity contribution in [2.24, 2.45) is 0 Å². The van der Waals surface area contributed by atoms with E-state index in [0.717, 1.165) is 5.75 Å². The molecule has 0 aliphatic rings. The number of aliphatic hydroxyl groups is 1. The van der Waals surface area contributed by atoms with Gasteiger partial charge in [-0.05, 0) is 44.5 Å². The van der Waals surface area contributed by atoms with Crippen LogP contribution in [0, 0.1) is 0 Å². The Labute approximate surface area is 108 Å². The number of amides is 1. The van der Waals surface area contributed by atoms with Gasteiger partial charge in [0.25, 0.3) is 5.91 Å². The molecule has 18 heavy (non-hydrogen) atoms. The van der Waals surface area contributed by atoms with Crippen LogP contribution in [0.3, 0.4) is 0 Å². The van der Waals surface area contributed by atoms with Crippen LogP contribution in [-0.2, 0) is 0 Å². The van der Waals surface area contributed by atoms with Crippen LogP contribution < -0.4 is 4.74 Å². The van der Waals surface area contributed by atoms with E-state index in [9.17, 15) is 4.79 Å². The minimum atomic E-state index is -0.00556. The van der Waals surface area contributed by atoms with Crippen molar-refractivity contribution in [1.82, 2.24) is 4.90 Å². The molecule has 0 heterocycles. The molecule has 0 aliphatic carbocycles. The lowest BCUT2D eigenvalue weighted by Gasteiger charge is -2.20. The van der Waals surface area contributed by atoms with Gasteiger partial charge in [0.05, 0.1) is 6.61 Å². The molecule has 4 nitrogen and oxygen atoms in total. The van der Waals surface area contributed by atoms with Crippen molar-refractivity contribution in [2.75, 3.05) is 26.3 Å². The molecule has 0 aliphatic heterocycles. The van der Waals surface area contributed by atoms with Gasteiger partial charge in [-0.3, -0.25) is 4.79 Å². The number of carbonyl (C=O) groups is 1. The molecule has 0 saturated heterocycles. The molecule has 0 atom stereocenters. The number of benzene rings is 1. The third-order valence-corrected chi connectivity index (χ3v) is 2.67. The maximum atomic E-state index is 12.2. The van der Waals surface area contributed by atoms with E-state index in [0.29, 0.717) is 31.7 Å². The molecule has 1 aromatic carbocycles. The van der Waals surface area contributed by atoms with E-state index in [4.69, 9.17) is 9.84 Å². The van der Waals surface area contributed by atoms with Gasteiger partial charge in [-0.25, -0.2) is 0 Å². The van der Waals surface area contributed by atoms with Crippen molar-refractivity contribution in [3.63, 3.8) is 0 Å². The molecule has 1 aromatic rings. The molecule has 1 amide bonds. The van der Waals surface area contributed by atoms with Gasteiger partial charge in [-0.1, -0.05) is 0 Å². The van der Waals surface area contributed by atoms with E-state index in [1.165, 1.54) is 0 Å². The molecule has 0 fully saturated rings. The fourth-order valence-corrected chi connectivity index (χ4v) is 1.71. The average Bonchev–Trinajstić information content (AvgIpc) is 2.40. The molecular formula is C14H21NO3. The SMILES string of the molecule is CCOc1ccc(C(=O)N(CC)CCCO)cc1. The van der Waals surface area contributed by atoms with E-state index in [1.807, 2.05) is 13.8 Å². The van der Waals surface area contributed by atoms with Crippen LogP contribution in [0.25, 0.3) is 0 Å². The van der Waals surface area contributed by atoms with E-state index in [-0.39, 0.29) is 12.5 Å². The van der Waals surface area contributed by atoms with Crippen molar-refractivity contribution in [3.8, 4) is 5.75 Å². The summed E-state index contributed by atoms with van der Waals surface area (Å²) < 4.78 is 5.33. The van der Waals surface area contributed by atoms with Gasteiger partial charge in [-0.2, -0.15) is 0 Å². The zero-order chi connectivity index (χ0) is 13.4. The lowest BCUT2D eigenvalue weighted by Crippen LogP contribution is -2.32. The van der Waals surface area contributed by atoms with Crippen molar-refractivity contribution in [1.29, 1.82) is 0 Å². The van der Waals surface area contributed by atoms with Crippen LogP contribution in [-0.4, -0.2) is 42.2 Å². The number of hydrogen-bond donors (Lipinski definition) is 1. The first-order valence-corrected chi connectivity index (χ1v) is 6.35. The number of ether oxygens (including phenoxy) is 1. The van der Waals surface area contributed by atoms with Crippen molar-refractivity contribution in [3.05, 3.63) is 29.8 Å².